The normalized spacial score (nSPS) is 40.5. The van der Waals surface area contributed by atoms with Crippen molar-refractivity contribution in [1.29, 1.82) is 0 Å². The molecule has 2 N–H and O–H groups in total. The first-order chi connectivity index (χ1) is 4.79. The van der Waals surface area contributed by atoms with Gasteiger partial charge in [-0.1, -0.05) is 0 Å². The molecule has 5 heteroatoms. The molecule has 59 valence electrons. The lowest BCUT2D eigenvalue weighted by molar-refractivity contribution is -0.191. The smallest absolute Gasteiger partial charge is 0.155 e. The van der Waals surface area contributed by atoms with E-state index in [1.165, 1.54) is 0 Å². The highest BCUT2D eigenvalue weighted by Crippen LogP contribution is 2.20. The largest absolute Gasteiger partial charge is 0.394 e. The van der Waals surface area contributed by atoms with Crippen LogP contribution >= 0.6 is 0 Å². The van der Waals surface area contributed by atoms with Gasteiger partial charge in [0.2, 0.25) is 0 Å². The summed E-state index contributed by atoms with van der Waals surface area (Å²) in [4.78, 5) is 3.31. The molecule has 0 spiro atoms. The Bertz CT molecular complexity index is 97.8. The van der Waals surface area contributed by atoms with Crippen molar-refractivity contribution >= 4 is 0 Å². The molecule has 1 fully saturated rings. The van der Waals surface area contributed by atoms with E-state index in [1.54, 1.807) is 0 Å². The molecule has 4 nitrogen and oxygen atoms in total. The van der Waals surface area contributed by atoms with E-state index < -0.39 is 18.3 Å². The fourth-order valence-corrected chi connectivity index (χ4v) is 0.776. The highest BCUT2D eigenvalue weighted by atomic mass is 19.3. The maximum atomic E-state index is 11.4. The fourth-order valence-electron chi connectivity index (χ4n) is 0.776. The zero-order chi connectivity index (χ0) is 7.56. The van der Waals surface area contributed by atoms with Crippen LogP contribution in [-0.2, 0) is 9.68 Å². The number of hydrogen-bond donors (Lipinski definition) is 2. The highest BCUT2D eigenvalue weighted by Gasteiger charge is 2.37. The summed E-state index contributed by atoms with van der Waals surface area (Å²) in [6.07, 6.45) is -2.95. The third-order valence-corrected chi connectivity index (χ3v) is 1.39. The van der Waals surface area contributed by atoms with Crippen molar-refractivity contribution in [1.82, 2.24) is 0 Å². The highest BCUT2D eigenvalue weighted by molar-refractivity contribution is 4.90. The number of ether oxygens (including phenoxy) is 1. The fraction of sp³-hybridized carbons (Fsp3) is 0.800. The Kier molecular flexibility index (Phi) is 2.56. The molecule has 1 heterocycles. The Labute approximate surface area is 57.1 Å². The Balaban J connectivity index is 2.41. The molecule has 0 aliphatic carbocycles. The van der Waals surface area contributed by atoms with E-state index >= 15 is 0 Å². The Morgan fingerprint density at radius 1 is 1.70 bits per heavy atom. The van der Waals surface area contributed by atoms with Gasteiger partial charge < -0.3 is 14.9 Å². The number of rotatable bonds is 2. The van der Waals surface area contributed by atoms with E-state index in [9.17, 15) is 4.53 Å². The van der Waals surface area contributed by atoms with Crippen molar-refractivity contribution in [2.45, 2.75) is 18.3 Å². The quantitative estimate of drug-likeness (QED) is 0.540. The number of halogens is 1. The number of hydrogen-bond acceptors (Lipinski definition) is 4. The lowest BCUT2D eigenvalue weighted by Crippen LogP contribution is -2.32. The molecule has 0 aromatic carbocycles. The molecule has 0 saturated carbocycles. The third kappa shape index (κ3) is 1.27. The van der Waals surface area contributed by atoms with E-state index in [4.69, 9.17) is 10.2 Å². The second-order valence-corrected chi connectivity index (χ2v) is 2.04. The predicted molar refractivity (Wildman–Crippen MR) is 28.2 cm³/mol. The topological polar surface area (TPSA) is 58.9 Å². The van der Waals surface area contributed by atoms with Gasteiger partial charge in [-0.2, -0.15) is 4.94 Å². The van der Waals surface area contributed by atoms with Gasteiger partial charge in [-0.15, -0.1) is 0 Å². The molecule has 3 atom stereocenters. The van der Waals surface area contributed by atoms with Crippen molar-refractivity contribution in [3.63, 3.8) is 0 Å². The lowest BCUT2D eigenvalue weighted by atomic mass is 10.2. The standard InChI is InChI=1S/C5H8FO4/c6-10-4-2-9-3(1-7)5(4)8/h2-5,7-8H,1H2/t3-,4-,5-/m1/s1. The summed E-state index contributed by atoms with van der Waals surface area (Å²) in [6, 6.07) is 0. The first-order valence-corrected chi connectivity index (χ1v) is 2.84. The van der Waals surface area contributed by atoms with Crippen LogP contribution in [0.15, 0.2) is 0 Å². The zero-order valence-corrected chi connectivity index (χ0v) is 5.11. The van der Waals surface area contributed by atoms with Crippen LogP contribution in [-0.4, -0.2) is 35.1 Å². The molecule has 10 heavy (non-hydrogen) atoms. The summed E-state index contributed by atoms with van der Waals surface area (Å²) >= 11 is 0. The van der Waals surface area contributed by atoms with Gasteiger partial charge in [-0.05, 0) is 4.53 Å². The average Bonchev–Trinajstić information content (AvgIpc) is 2.30. The maximum absolute atomic E-state index is 11.4. The zero-order valence-electron chi connectivity index (χ0n) is 5.11. The van der Waals surface area contributed by atoms with E-state index in [-0.39, 0.29) is 6.61 Å². The summed E-state index contributed by atoms with van der Waals surface area (Å²) in [6.45, 7) is 0.670. The van der Waals surface area contributed by atoms with Crippen LogP contribution in [0.2, 0.25) is 0 Å². The van der Waals surface area contributed by atoms with Gasteiger partial charge in [0, 0.05) is 0 Å². The van der Waals surface area contributed by atoms with Crippen LogP contribution in [0.3, 0.4) is 0 Å². The second kappa shape index (κ2) is 3.25. The number of aliphatic hydroxyl groups is 2. The van der Waals surface area contributed by atoms with Crippen LogP contribution in [0.4, 0.5) is 4.53 Å². The van der Waals surface area contributed by atoms with E-state index in [2.05, 4.69) is 9.68 Å². The van der Waals surface area contributed by atoms with Crippen LogP contribution in [0, 0.1) is 6.61 Å². The van der Waals surface area contributed by atoms with Crippen molar-refractivity contribution in [2.75, 3.05) is 6.61 Å². The molecule has 0 aromatic rings. The average molecular weight is 151 g/mol. The van der Waals surface area contributed by atoms with Crippen LogP contribution < -0.4 is 0 Å². The molecular weight excluding hydrogens is 143 g/mol. The van der Waals surface area contributed by atoms with Gasteiger partial charge in [0.15, 0.2) is 6.10 Å². The van der Waals surface area contributed by atoms with E-state index in [0.717, 1.165) is 6.61 Å². The van der Waals surface area contributed by atoms with Crippen LogP contribution in [0.5, 0.6) is 0 Å². The summed E-state index contributed by atoms with van der Waals surface area (Å²) in [5.41, 5.74) is 0. The van der Waals surface area contributed by atoms with Gasteiger partial charge in [0.1, 0.15) is 18.8 Å². The minimum Gasteiger partial charge on any atom is -0.394 e. The summed E-state index contributed by atoms with van der Waals surface area (Å²) in [7, 11) is 0. The Hall–Kier alpha value is -0.230. The molecule has 1 aliphatic rings. The minimum absolute atomic E-state index is 0.350. The Morgan fingerprint density at radius 3 is 2.70 bits per heavy atom. The minimum atomic E-state index is -1.12. The van der Waals surface area contributed by atoms with Crippen molar-refractivity contribution in [2.24, 2.45) is 0 Å². The van der Waals surface area contributed by atoms with Crippen molar-refractivity contribution < 1.29 is 24.4 Å². The van der Waals surface area contributed by atoms with Crippen molar-refractivity contribution in [3.8, 4) is 0 Å². The van der Waals surface area contributed by atoms with Gasteiger partial charge in [0.05, 0.1) is 6.61 Å². The van der Waals surface area contributed by atoms with Gasteiger partial charge in [0.25, 0.3) is 0 Å². The van der Waals surface area contributed by atoms with Crippen molar-refractivity contribution in [3.05, 3.63) is 6.61 Å². The summed E-state index contributed by atoms with van der Waals surface area (Å²) in [5, 5.41) is 17.4. The van der Waals surface area contributed by atoms with Gasteiger partial charge in [-0.3, -0.25) is 0 Å². The Morgan fingerprint density at radius 2 is 2.40 bits per heavy atom. The molecule has 1 rings (SSSR count). The van der Waals surface area contributed by atoms with Crippen LogP contribution in [0.25, 0.3) is 0 Å². The summed E-state index contributed by atoms with van der Waals surface area (Å²) in [5.74, 6) is 0. The monoisotopic (exact) mass is 151 g/mol. The molecule has 1 radical (unpaired) electrons. The molecule has 0 amide bonds. The molecule has 0 unspecified atom stereocenters. The van der Waals surface area contributed by atoms with E-state index in [0.29, 0.717) is 0 Å². The molecule has 1 aliphatic heterocycles. The molecule has 1 saturated heterocycles. The second-order valence-electron chi connectivity index (χ2n) is 2.04. The SMILES string of the molecule is OC[C@H]1O[CH][C@@H](OF)[C@@H]1O. The molecule has 0 bridgehead atoms. The molecule has 0 aromatic heterocycles. The van der Waals surface area contributed by atoms with E-state index in [1.807, 2.05) is 0 Å². The first kappa shape index (κ1) is 7.87. The maximum Gasteiger partial charge on any atom is 0.155 e. The lowest BCUT2D eigenvalue weighted by Gasteiger charge is -2.10. The van der Waals surface area contributed by atoms with Gasteiger partial charge >= 0.3 is 0 Å². The van der Waals surface area contributed by atoms with Crippen LogP contribution in [0.1, 0.15) is 0 Å². The number of aliphatic hydroxyl groups excluding tert-OH is 2. The summed E-state index contributed by atoms with van der Waals surface area (Å²) < 4.78 is 16.0. The molecular formula is C5H8FO4. The van der Waals surface area contributed by atoms with Gasteiger partial charge in [-0.25, -0.2) is 0 Å². The third-order valence-electron chi connectivity index (χ3n) is 1.39. The first-order valence-electron chi connectivity index (χ1n) is 2.84. The predicted octanol–water partition coefficient (Wildman–Crippen LogP) is -0.830.